The Morgan fingerprint density at radius 3 is 3.04 bits per heavy atom. The van der Waals surface area contributed by atoms with Crippen molar-refractivity contribution in [3.05, 3.63) is 59.0 Å². The molecule has 1 N–H and O–H groups in total. The maximum absolute atomic E-state index is 4.42. The summed E-state index contributed by atoms with van der Waals surface area (Å²) in [7, 11) is 2.04. The molecule has 0 unspecified atom stereocenters. The Kier molecular flexibility index (Phi) is 3.94. The molecule has 1 aliphatic rings. The summed E-state index contributed by atoms with van der Waals surface area (Å²) in [4.78, 5) is 2.50. The molecule has 5 nitrogen and oxygen atoms in total. The number of aromatic amines is 1. The number of nitrogens with zero attached hydrogens (tertiary/aromatic N) is 4. The summed E-state index contributed by atoms with van der Waals surface area (Å²) in [6.45, 7) is 5.10. The van der Waals surface area contributed by atoms with Crippen LogP contribution < -0.4 is 0 Å². The third kappa shape index (κ3) is 2.87. The number of fused-ring (bicyclic) bond motifs is 1. The van der Waals surface area contributed by atoms with Gasteiger partial charge < -0.3 is 0 Å². The largest absolute Gasteiger partial charge is 0.295 e. The van der Waals surface area contributed by atoms with Gasteiger partial charge in [0.15, 0.2) is 0 Å². The Morgan fingerprint density at radius 2 is 2.17 bits per heavy atom. The van der Waals surface area contributed by atoms with Crippen LogP contribution in [0.5, 0.6) is 0 Å². The highest BCUT2D eigenvalue weighted by atomic mass is 15.3. The topological polar surface area (TPSA) is 49.7 Å². The zero-order chi connectivity index (χ0) is 16.5. The first-order chi connectivity index (χ1) is 11.7. The zero-order valence-electron chi connectivity index (χ0n) is 14.3. The number of nitrogens with one attached hydrogen (secondary N) is 1. The van der Waals surface area contributed by atoms with Crippen LogP contribution in [0.1, 0.15) is 28.8 Å². The van der Waals surface area contributed by atoms with Gasteiger partial charge in [-0.2, -0.15) is 10.2 Å². The van der Waals surface area contributed by atoms with Crippen molar-refractivity contribution in [3.8, 4) is 11.3 Å². The second kappa shape index (κ2) is 6.24. The van der Waals surface area contributed by atoms with Crippen molar-refractivity contribution in [2.45, 2.75) is 32.9 Å². The van der Waals surface area contributed by atoms with Gasteiger partial charge in [0, 0.05) is 42.5 Å². The van der Waals surface area contributed by atoms with Crippen LogP contribution >= 0.6 is 0 Å². The minimum absolute atomic E-state index is 0.911. The molecule has 0 radical (unpaired) electrons. The van der Waals surface area contributed by atoms with Crippen LogP contribution in [0.15, 0.2) is 36.7 Å². The van der Waals surface area contributed by atoms with Gasteiger partial charge in [-0.1, -0.05) is 23.8 Å². The number of hydrogen-bond donors (Lipinski definition) is 1. The zero-order valence-corrected chi connectivity index (χ0v) is 14.3. The number of hydrogen-bond acceptors (Lipinski definition) is 3. The summed E-state index contributed by atoms with van der Waals surface area (Å²) < 4.78 is 2.02. The van der Waals surface area contributed by atoms with Crippen LogP contribution in [-0.4, -0.2) is 31.4 Å². The maximum atomic E-state index is 4.42. The maximum Gasteiger partial charge on any atom is 0.0695 e. The van der Waals surface area contributed by atoms with E-state index in [-0.39, 0.29) is 0 Å². The molecule has 2 aromatic heterocycles. The fourth-order valence-corrected chi connectivity index (χ4v) is 3.61. The normalized spacial score (nSPS) is 15.2. The molecule has 0 spiro atoms. The van der Waals surface area contributed by atoms with Gasteiger partial charge in [-0.25, -0.2) is 0 Å². The molecule has 0 atom stereocenters. The van der Waals surface area contributed by atoms with E-state index < -0.39 is 0 Å². The van der Waals surface area contributed by atoms with E-state index in [2.05, 4.69) is 51.4 Å². The van der Waals surface area contributed by atoms with Crippen LogP contribution in [-0.2, 0) is 26.6 Å². The van der Waals surface area contributed by atoms with E-state index in [1.54, 1.807) is 0 Å². The van der Waals surface area contributed by atoms with Gasteiger partial charge in [-0.05, 0) is 32.4 Å². The molecule has 3 heterocycles. The van der Waals surface area contributed by atoms with Crippen LogP contribution in [0.2, 0.25) is 0 Å². The van der Waals surface area contributed by atoms with E-state index in [9.17, 15) is 0 Å². The van der Waals surface area contributed by atoms with Gasteiger partial charge in [0.2, 0.25) is 0 Å². The van der Waals surface area contributed by atoms with Gasteiger partial charge in [0.05, 0.1) is 18.1 Å². The lowest BCUT2D eigenvalue weighted by atomic mass is 10.1. The molecule has 0 aliphatic carbocycles. The van der Waals surface area contributed by atoms with E-state index >= 15 is 0 Å². The molecule has 0 saturated carbocycles. The molecule has 5 heteroatoms. The average molecular weight is 321 g/mol. The van der Waals surface area contributed by atoms with Crippen LogP contribution in [0.25, 0.3) is 11.3 Å². The molecule has 0 bridgehead atoms. The van der Waals surface area contributed by atoms with Crippen LogP contribution in [0.3, 0.4) is 0 Å². The van der Waals surface area contributed by atoms with Crippen molar-refractivity contribution >= 4 is 0 Å². The molecule has 124 valence electrons. The molecule has 3 aromatic rings. The molecule has 0 amide bonds. The van der Waals surface area contributed by atoms with E-state index in [0.717, 1.165) is 31.7 Å². The van der Waals surface area contributed by atoms with Crippen molar-refractivity contribution in [2.75, 3.05) is 6.54 Å². The van der Waals surface area contributed by atoms with Gasteiger partial charge in [0.25, 0.3) is 0 Å². The fourth-order valence-electron chi connectivity index (χ4n) is 3.61. The Balaban J connectivity index is 1.57. The molecule has 1 aromatic carbocycles. The van der Waals surface area contributed by atoms with Gasteiger partial charge in [-0.15, -0.1) is 0 Å². The molecular weight excluding hydrogens is 298 g/mol. The summed E-state index contributed by atoms with van der Waals surface area (Å²) in [5, 5.41) is 11.9. The Labute approximate surface area is 142 Å². The average Bonchev–Trinajstić information content (AvgIpc) is 3.09. The molecule has 0 fully saturated rings. The number of aromatic nitrogens is 4. The second-order valence-electron chi connectivity index (χ2n) is 6.69. The lowest BCUT2D eigenvalue weighted by Crippen LogP contribution is -2.22. The molecular formula is C19H23N5. The van der Waals surface area contributed by atoms with Crippen molar-refractivity contribution in [1.29, 1.82) is 0 Å². The van der Waals surface area contributed by atoms with Crippen LogP contribution in [0.4, 0.5) is 0 Å². The van der Waals surface area contributed by atoms with Gasteiger partial charge >= 0.3 is 0 Å². The second-order valence-corrected chi connectivity index (χ2v) is 6.69. The quantitative estimate of drug-likeness (QED) is 0.806. The minimum Gasteiger partial charge on any atom is -0.295 e. The van der Waals surface area contributed by atoms with E-state index in [1.807, 2.05) is 24.1 Å². The summed E-state index contributed by atoms with van der Waals surface area (Å²) in [6.07, 6.45) is 6.26. The first-order valence-corrected chi connectivity index (χ1v) is 8.52. The molecule has 4 rings (SSSR count). The predicted octanol–water partition coefficient (Wildman–Crippen LogP) is 3.07. The van der Waals surface area contributed by atoms with Gasteiger partial charge in [0.1, 0.15) is 0 Å². The van der Waals surface area contributed by atoms with Crippen LogP contribution in [0, 0.1) is 6.92 Å². The summed E-state index contributed by atoms with van der Waals surface area (Å²) in [6, 6.07) is 8.58. The minimum atomic E-state index is 0.911. The first-order valence-electron chi connectivity index (χ1n) is 8.52. The molecule has 24 heavy (non-hydrogen) atoms. The third-order valence-electron chi connectivity index (χ3n) is 4.85. The Morgan fingerprint density at radius 1 is 1.25 bits per heavy atom. The highest BCUT2D eigenvalue weighted by molar-refractivity contribution is 5.63. The van der Waals surface area contributed by atoms with Crippen molar-refractivity contribution in [2.24, 2.45) is 7.05 Å². The third-order valence-corrected chi connectivity index (χ3v) is 4.85. The first kappa shape index (κ1) is 15.1. The highest BCUT2D eigenvalue weighted by Crippen LogP contribution is 2.25. The number of aryl methyl sites for hydroxylation is 2. The SMILES string of the molecule is Cc1cccc(-c2[nH]ncc2CN2CCCc3c(cnn3C)C2)c1. The number of rotatable bonds is 3. The fraction of sp³-hybridized carbons (Fsp3) is 0.368. The van der Waals surface area contributed by atoms with E-state index in [1.165, 1.54) is 34.4 Å². The molecule has 1 aliphatic heterocycles. The van der Waals surface area contributed by atoms with Gasteiger partial charge in [-0.3, -0.25) is 14.7 Å². The smallest absolute Gasteiger partial charge is 0.0695 e. The van der Waals surface area contributed by atoms with E-state index in [0.29, 0.717) is 0 Å². The number of benzene rings is 1. The monoisotopic (exact) mass is 321 g/mol. The molecule has 0 saturated heterocycles. The standard InChI is InChI=1S/C19H23N5/c1-14-5-3-6-15(9-14)19-17(10-20-22-19)13-24-8-4-7-18-16(12-24)11-21-23(18)2/h3,5-6,9-11H,4,7-8,12-13H2,1-2H3,(H,20,22). The summed E-state index contributed by atoms with van der Waals surface area (Å²) >= 11 is 0. The lowest BCUT2D eigenvalue weighted by Gasteiger charge is -2.19. The predicted molar refractivity (Wildman–Crippen MR) is 94.4 cm³/mol. The lowest BCUT2D eigenvalue weighted by molar-refractivity contribution is 0.261. The Hall–Kier alpha value is -2.40. The Bertz CT molecular complexity index is 845. The summed E-state index contributed by atoms with van der Waals surface area (Å²) in [5.74, 6) is 0. The van der Waals surface area contributed by atoms with Crippen molar-refractivity contribution < 1.29 is 0 Å². The van der Waals surface area contributed by atoms with Crippen molar-refractivity contribution in [3.63, 3.8) is 0 Å². The highest BCUT2D eigenvalue weighted by Gasteiger charge is 2.19. The number of H-pyrrole nitrogens is 1. The van der Waals surface area contributed by atoms with E-state index in [4.69, 9.17) is 0 Å². The summed E-state index contributed by atoms with van der Waals surface area (Å²) in [5.41, 5.74) is 7.60. The van der Waals surface area contributed by atoms with Crippen molar-refractivity contribution in [1.82, 2.24) is 24.9 Å².